The molecule has 168 valence electrons. The number of nitrogens with zero attached hydrogens (tertiary/aromatic N) is 3. The number of unbranched alkanes of at least 4 members (excludes halogenated alkanes) is 4. The molecule has 3 N–H and O–H groups in total. The van der Waals surface area contributed by atoms with Crippen LogP contribution in [0.1, 0.15) is 58.3 Å². The van der Waals surface area contributed by atoms with Crippen molar-refractivity contribution >= 4 is 18.2 Å². The fraction of sp³-hybridized carbons (Fsp3) is 0.850. The number of rotatable bonds is 15. The van der Waals surface area contributed by atoms with E-state index in [1.807, 2.05) is 4.90 Å². The number of likely N-dealkylation sites (N-methyl/N-ethyl adjacent to an activating group) is 1. The topological polar surface area (TPSA) is 105 Å². The second kappa shape index (κ2) is 15.2. The number of hydroxylamine groups is 2. The zero-order chi connectivity index (χ0) is 21.5. The molecule has 1 rings (SSSR count). The van der Waals surface area contributed by atoms with Crippen molar-refractivity contribution in [3.63, 3.8) is 0 Å². The van der Waals surface area contributed by atoms with Gasteiger partial charge in [0.1, 0.15) is 0 Å². The lowest BCUT2D eigenvalue weighted by Crippen LogP contribution is -2.47. The van der Waals surface area contributed by atoms with Crippen molar-refractivity contribution in [3.8, 4) is 0 Å². The molecule has 1 aliphatic heterocycles. The Labute approximate surface area is 174 Å². The van der Waals surface area contributed by atoms with Crippen molar-refractivity contribution in [3.05, 3.63) is 0 Å². The highest BCUT2D eigenvalue weighted by Gasteiger charge is 2.20. The molecule has 9 heteroatoms. The maximum Gasteiger partial charge on any atom is 0.239 e. The van der Waals surface area contributed by atoms with E-state index in [1.165, 1.54) is 0 Å². The summed E-state index contributed by atoms with van der Waals surface area (Å²) < 4.78 is 0. The van der Waals surface area contributed by atoms with Crippen molar-refractivity contribution in [1.82, 2.24) is 25.7 Å². The average molecular weight is 414 g/mol. The van der Waals surface area contributed by atoms with Crippen LogP contribution in [0.25, 0.3) is 0 Å². The van der Waals surface area contributed by atoms with Crippen molar-refractivity contribution in [2.45, 2.75) is 58.3 Å². The molecule has 1 saturated heterocycles. The van der Waals surface area contributed by atoms with Gasteiger partial charge in [-0.25, -0.2) is 10.5 Å². The standard InChI is InChI=1S/C20H39N5O4/c1-3-4-6-9-18(16-25(29)17-26)20(28)22-21-11-8-5-7-10-19(27)24-14-12-23(2)13-15-24/h17-18,21,29H,3-16H2,1-2H3,(H,22,28)/t18-/m1/s1. The van der Waals surface area contributed by atoms with Crippen LogP contribution < -0.4 is 10.9 Å². The molecule has 0 radical (unpaired) electrons. The lowest BCUT2D eigenvalue weighted by molar-refractivity contribution is -0.154. The zero-order valence-electron chi connectivity index (χ0n) is 18.1. The Kier molecular flexibility index (Phi) is 13.3. The molecule has 0 saturated carbocycles. The molecular weight excluding hydrogens is 374 g/mol. The first kappa shape index (κ1) is 25.3. The Hall–Kier alpha value is -1.71. The molecule has 0 spiro atoms. The smallest absolute Gasteiger partial charge is 0.239 e. The minimum absolute atomic E-state index is 0.00483. The predicted octanol–water partition coefficient (Wildman–Crippen LogP) is 0.986. The molecular formula is C20H39N5O4. The lowest BCUT2D eigenvalue weighted by atomic mass is 10.0. The van der Waals surface area contributed by atoms with Crippen molar-refractivity contribution in [2.75, 3.05) is 46.3 Å². The molecule has 9 nitrogen and oxygen atoms in total. The van der Waals surface area contributed by atoms with Gasteiger partial charge in [0.15, 0.2) is 0 Å². The van der Waals surface area contributed by atoms with Gasteiger partial charge in [-0.1, -0.05) is 32.6 Å². The third-order valence-electron chi connectivity index (χ3n) is 5.32. The summed E-state index contributed by atoms with van der Waals surface area (Å²) >= 11 is 0. The first-order chi connectivity index (χ1) is 14.0. The highest BCUT2D eigenvalue weighted by atomic mass is 16.5. The fourth-order valence-electron chi connectivity index (χ4n) is 3.35. The van der Waals surface area contributed by atoms with E-state index in [0.29, 0.717) is 30.9 Å². The molecule has 0 aliphatic carbocycles. The van der Waals surface area contributed by atoms with Gasteiger partial charge >= 0.3 is 0 Å². The minimum Gasteiger partial charge on any atom is -0.340 e. The zero-order valence-corrected chi connectivity index (χ0v) is 18.1. The molecule has 0 aromatic rings. The SMILES string of the molecule is CCCCC[C@H](CN(O)C=O)C(=O)NNCCCCCC(=O)N1CCN(C)CC1. The average Bonchev–Trinajstić information content (AvgIpc) is 2.72. The second-order valence-corrected chi connectivity index (χ2v) is 7.83. The van der Waals surface area contributed by atoms with Gasteiger partial charge in [0, 0.05) is 39.1 Å². The molecule has 0 aromatic carbocycles. The van der Waals surface area contributed by atoms with Gasteiger partial charge in [-0.2, -0.15) is 0 Å². The van der Waals surface area contributed by atoms with E-state index in [-0.39, 0.29) is 18.4 Å². The number of carbonyl (C=O) groups is 3. The van der Waals surface area contributed by atoms with Gasteiger partial charge in [0.2, 0.25) is 18.2 Å². The fourth-order valence-corrected chi connectivity index (χ4v) is 3.35. The highest BCUT2D eigenvalue weighted by Crippen LogP contribution is 2.11. The first-order valence-electron chi connectivity index (χ1n) is 10.9. The Morgan fingerprint density at radius 2 is 1.83 bits per heavy atom. The predicted molar refractivity (Wildman–Crippen MR) is 111 cm³/mol. The van der Waals surface area contributed by atoms with Gasteiger partial charge < -0.3 is 9.80 Å². The van der Waals surface area contributed by atoms with Crippen molar-refractivity contribution < 1.29 is 19.6 Å². The Morgan fingerprint density at radius 1 is 1.10 bits per heavy atom. The number of amides is 3. The van der Waals surface area contributed by atoms with Crippen LogP contribution in [-0.4, -0.2) is 84.6 Å². The van der Waals surface area contributed by atoms with E-state index in [2.05, 4.69) is 29.7 Å². The largest absolute Gasteiger partial charge is 0.340 e. The van der Waals surface area contributed by atoms with Crippen LogP contribution in [0.15, 0.2) is 0 Å². The van der Waals surface area contributed by atoms with E-state index in [1.54, 1.807) is 0 Å². The summed E-state index contributed by atoms with van der Waals surface area (Å²) in [5, 5.41) is 9.91. The second-order valence-electron chi connectivity index (χ2n) is 7.83. The van der Waals surface area contributed by atoms with Crippen LogP contribution in [0, 0.1) is 5.92 Å². The maximum absolute atomic E-state index is 12.3. The van der Waals surface area contributed by atoms with Crippen molar-refractivity contribution in [1.29, 1.82) is 0 Å². The highest BCUT2D eigenvalue weighted by molar-refractivity contribution is 5.78. The van der Waals surface area contributed by atoms with Gasteiger partial charge in [-0.05, 0) is 26.3 Å². The summed E-state index contributed by atoms with van der Waals surface area (Å²) in [7, 11) is 2.07. The summed E-state index contributed by atoms with van der Waals surface area (Å²) in [5.74, 6) is -0.421. The van der Waals surface area contributed by atoms with Gasteiger partial charge in [0.25, 0.3) is 0 Å². The third-order valence-corrected chi connectivity index (χ3v) is 5.32. The van der Waals surface area contributed by atoms with E-state index in [9.17, 15) is 19.6 Å². The molecule has 0 unspecified atom stereocenters. The molecule has 3 amide bonds. The number of carbonyl (C=O) groups excluding carboxylic acids is 3. The van der Waals surface area contributed by atoms with Crippen LogP contribution in [0.2, 0.25) is 0 Å². The molecule has 0 aromatic heterocycles. The molecule has 1 atom stereocenters. The lowest BCUT2D eigenvalue weighted by Gasteiger charge is -2.32. The van der Waals surface area contributed by atoms with E-state index < -0.39 is 5.92 Å². The quantitative estimate of drug-likeness (QED) is 0.160. The van der Waals surface area contributed by atoms with E-state index in [0.717, 1.165) is 64.7 Å². The molecule has 1 heterocycles. The minimum atomic E-state index is -0.439. The van der Waals surface area contributed by atoms with E-state index >= 15 is 0 Å². The first-order valence-corrected chi connectivity index (χ1v) is 10.9. The van der Waals surface area contributed by atoms with Crippen LogP contribution in [0.3, 0.4) is 0 Å². The maximum atomic E-state index is 12.3. The summed E-state index contributed by atoms with van der Waals surface area (Å²) in [4.78, 5) is 39.2. The number of piperazine rings is 1. The summed E-state index contributed by atoms with van der Waals surface area (Å²) in [6.07, 6.45) is 7.07. The van der Waals surface area contributed by atoms with Gasteiger partial charge in [-0.15, -0.1) is 0 Å². The molecule has 1 fully saturated rings. The van der Waals surface area contributed by atoms with Gasteiger partial charge in [-0.3, -0.25) is 25.0 Å². The van der Waals surface area contributed by atoms with Crippen LogP contribution in [-0.2, 0) is 14.4 Å². The number of hydrazine groups is 1. The van der Waals surface area contributed by atoms with Gasteiger partial charge in [0.05, 0.1) is 12.5 Å². The summed E-state index contributed by atoms with van der Waals surface area (Å²) in [6, 6.07) is 0. The van der Waals surface area contributed by atoms with Crippen LogP contribution >= 0.6 is 0 Å². The monoisotopic (exact) mass is 413 g/mol. The van der Waals surface area contributed by atoms with Crippen LogP contribution in [0.5, 0.6) is 0 Å². The van der Waals surface area contributed by atoms with Crippen molar-refractivity contribution in [2.24, 2.45) is 5.92 Å². The normalized spacial score (nSPS) is 15.8. The Bertz CT molecular complexity index is 483. The molecule has 1 aliphatic rings. The van der Waals surface area contributed by atoms with Crippen LogP contribution in [0.4, 0.5) is 0 Å². The summed E-state index contributed by atoms with van der Waals surface area (Å²) in [6.45, 7) is 6.21. The summed E-state index contributed by atoms with van der Waals surface area (Å²) in [5.41, 5.74) is 5.59. The number of nitrogens with one attached hydrogen (secondary N) is 2. The number of hydrogen-bond acceptors (Lipinski definition) is 6. The molecule has 29 heavy (non-hydrogen) atoms. The Morgan fingerprint density at radius 3 is 2.48 bits per heavy atom. The Balaban J connectivity index is 2.13. The molecule has 0 bridgehead atoms. The third kappa shape index (κ3) is 11.2. The number of hydrogen-bond donors (Lipinski definition) is 3. The van der Waals surface area contributed by atoms with E-state index in [4.69, 9.17) is 0 Å².